The number of carbonyl (C=O) groups excluding carboxylic acids is 2. The summed E-state index contributed by atoms with van der Waals surface area (Å²) < 4.78 is 30.8. The van der Waals surface area contributed by atoms with Gasteiger partial charge in [-0.2, -0.15) is 0 Å². The molecule has 0 unspecified atom stereocenters. The van der Waals surface area contributed by atoms with Crippen LogP contribution in [-0.2, 0) is 9.53 Å². The maximum atomic E-state index is 13.2. The third-order valence-corrected chi connectivity index (χ3v) is 3.82. The lowest BCUT2D eigenvalue weighted by Crippen LogP contribution is -2.41. The van der Waals surface area contributed by atoms with Gasteiger partial charge in [0.25, 0.3) is 5.91 Å². The van der Waals surface area contributed by atoms with Crippen LogP contribution in [0.1, 0.15) is 62.2 Å². The highest BCUT2D eigenvalue weighted by atomic mass is 19.2. The summed E-state index contributed by atoms with van der Waals surface area (Å²) in [7, 11) is 1.25. The van der Waals surface area contributed by atoms with Crippen LogP contribution in [0, 0.1) is 11.6 Å². The summed E-state index contributed by atoms with van der Waals surface area (Å²) >= 11 is 0. The molecular formula is C18H25F2NO3. The van der Waals surface area contributed by atoms with E-state index in [0.29, 0.717) is 6.42 Å². The number of halogens is 2. The first-order chi connectivity index (χ1) is 11.5. The van der Waals surface area contributed by atoms with Gasteiger partial charge >= 0.3 is 5.97 Å². The summed E-state index contributed by atoms with van der Waals surface area (Å²) in [6.07, 6.45) is 6.78. The van der Waals surface area contributed by atoms with Crippen molar-refractivity contribution in [1.82, 2.24) is 5.32 Å². The van der Waals surface area contributed by atoms with Gasteiger partial charge in [0.15, 0.2) is 11.6 Å². The first-order valence-electron chi connectivity index (χ1n) is 8.33. The zero-order chi connectivity index (χ0) is 17.9. The van der Waals surface area contributed by atoms with Crippen LogP contribution in [0.15, 0.2) is 18.2 Å². The van der Waals surface area contributed by atoms with Crippen LogP contribution >= 0.6 is 0 Å². The van der Waals surface area contributed by atoms with Crippen molar-refractivity contribution >= 4 is 11.9 Å². The molecule has 1 atom stereocenters. The van der Waals surface area contributed by atoms with E-state index in [9.17, 15) is 18.4 Å². The molecule has 0 aliphatic carbocycles. The van der Waals surface area contributed by atoms with Gasteiger partial charge in [0.2, 0.25) is 0 Å². The highest BCUT2D eigenvalue weighted by molar-refractivity contribution is 5.96. The standard InChI is InChI=1S/C18H25F2NO3/c1-3-4-5-6-7-8-9-16(18(23)24-2)21-17(22)13-10-11-14(19)15(20)12-13/h10-12,16H,3-9H2,1-2H3,(H,21,22)/t16-/m0/s1. The summed E-state index contributed by atoms with van der Waals surface area (Å²) in [4.78, 5) is 23.9. The van der Waals surface area contributed by atoms with E-state index < -0.39 is 29.6 Å². The minimum atomic E-state index is -1.10. The maximum Gasteiger partial charge on any atom is 0.328 e. The van der Waals surface area contributed by atoms with E-state index in [1.807, 2.05) is 0 Å². The lowest BCUT2D eigenvalue weighted by atomic mass is 10.1. The van der Waals surface area contributed by atoms with E-state index in [4.69, 9.17) is 4.74 Å². The molecule has 4 nitrogen and oxygen atoms in total. The molecule has 1 amide bonds. The van der Waals surface area contributed by atoms with Gasteiger partial charge in [-0.1, -0.05) is 45.4 Å². The average Bonchev–Trinajstić information content (AvgIpc) is 2.58. The fourth-order valence-electron chi connectivity index (χ4n) is 2.40. The Hall–Kier alpha value is -1.98. The summed E-state index contributed by atoms with van der Waals surface area (Å²) in [5, 5.41) is 2.53. The minimum absolute atomic E-state index is 0.0363. The number of nitrogens with one attached hydrogen (secondary N) is 1. The fourth-order valence-corrected chi connectivity index (χ4v) is 2.40. The number of methoxy groups -OCH3 is 1. The molecule has 0 aliphatic rings. The summed E-state index contributed by atoms with van der Waals surface area (Å²) in [5.41, 5.74) is -0.0363. The molecule has 1 aromatic carbocycles. The molecule has 1 aromatic rings. The molecule has 24 heavy (non-hydrogen) atoms. The molecule has 0 aliphatic heterocycles. The van der Waals surface area contributed by atoms with E-state index in [-0.39, 0.29) is 5.56 Å². The van der Waals surface area contributed by atoms with Crippen molar-refractivity contribution < 1.29 is 23.1 Å². The van der Waals surface area contributed by atoms with Crippen molar-refractivity contribution in [2.75, 3.05) is 7.11 Å². The van der Waals surface area contributed by atoms with Crippen molar-refractivity contribution in [2.45, 2.75) is 57.9 Å². The first-order valence-corrected chi connectivity index (χ1v) is 8.33. The van der Waals surface area contributed by atoms with Gasteiger partial charge in [0.1, 0.15) is 6.04 Å². The summed E-state index contributed by atoms with van der Waals surface area (Å²) in [5.74, 6) is -3.30. The normalized spacial score (nSPS) is 11.8. The van der Waals surface area contributed by atoms with Crippen molar-refractivity contribution in [3.63, 3.8) is 0 Å². The predicted molar refractivity (Wildman–Crippen MR) is 87.6 cm³/mol. The van der Waals surface area contributed by atoms with Crippen molar-refractivity contribution in [2.24, 2.45) is 0 Å². The number of esters is 1. The molecule has 134 valence electrons. The van der Waals surface area contributed by atoms with Gasteiger partial charge in [-0.15, -0.1) is 0 Å². The van der Waals surface area contributed by atoms with Gasteiger partial charge in [-0.25, -0.2) is 13.6 Å². The number of hydrogen-bond acceptors (Lipinski definition) is 3. The van der Waals surface area contributed by atoms with Crippen molar-refractivity contribution in [3.05, 3.63) is 35.4 Å². The molecule has 1 N–H and O–H groups in total. The molecule has 6 heteroatoms. The Morgan fingerprint density at radius 2 is 1.75 bits per heavy atom. The smallest absolute Gasteiger partial charge is 0.328 e. The molecule has 0 aromatic heterocycles. The van der Waals surface area contributed by atoms with E-state index in [2.05, 4.69) is 12.2 Å². The second-order valence-electron chi connectivity index (χ2n) is 5.73. The van der Waals surface area contributed by atoms with E-state index in [0.717, 1.165) is 44.2 Å². The number of benzene rings is 1. The third-order valence-electron chi connectivity index (χ3n) is 3.82. The Morgan fingerprint density at radius 1 is 1.08 bits per heavy atom. The van der Waals surface area contributed by atoms with Crippen LogP contribution in [0.25, 0.3) is 0 Å². The molecule has 1 rings (SSSR count). The molecule has 0 radical (unpaired) electrons. The Labute approximate surface area is 141 Å². The van der Waals surface area contributed by atoms with Crippen molar-refractivity contribution in [3.8, 4) is 0 Å². The third kappa shape index (κ3) is 6.64. The number of ether oxygens (including phenoxy) is 1. The van der Waals surface area contributed by atoms with Gasteiger partial charge in [-0.3, -0.25) is 4.79 Å². The largest absolute Gasteiger partial charge is 0.467 e. The molecule has 0 saturated heterocycles. The van der Waals surface area contributed by atoms with Gasteiger partial charge in [0, 0.05) is 5.56 Å². The zero-order valence-electron chi connectivity index (χ0n) is 14.2. The lowest BCUT2D eigenvalue weighted by Gasteiger charge is -2.16. The highest BCUT2D eigenvalue weighted by Crippen LogP contribution is 2.12. The van der Waals surface area contributed by atoms with E-state index in [1.165, 1.54) is 19.6 Å². The summed E-state index contributed by atoms with van der Waals surface area (Å²) in [6, 6.07) is 2.07. The second kappa shape index (κ2) is 10.7. The van der Waals surface area contributed by atoms with Crippen LogP contribution in [-0.4, -0.2) is 25.0 Å². The van der Waals surface area contributed by atoms with Crippen LogP contribution in [0.2, 0.25) is 0 Å². The number of rotatable bonds is 10. The maximum absolute atomic E-state index is 13.2. The number of unbranched alkanes of at least 4 members (excludes halogenated alkanes) is 5. The Morgan fingerprint density at radius 3 is 2.38 bits per heavy atom. The SMILES string of the molecule is CCCCCCCC[C@H](NC(=O)c1ccc(F)c(F)c1)C(=O)OC. The average molecular weight is 341 g/mol. The van der Waals surface area contributed by atoms with E-state index in [1.54, 1.807) is 0 Å². The van der Waals surface area contributed by atoms with E-state index >= 15 is 0 Å². The molecule has 0 fully saturated rings. The first kappa shape index (κ1) is 20.1. The van der Waals surface area contributed by atoms with Crippen LogP contribution in [0.3, 0.4) is 0 Å². The molecule has 0 heterocycles. The van der Waals surface area contributed by atoms with Gasteiger partial charge < -0.3 is 10.1 Å². The van der Waals surface area contributed by atoms with Crippen LogP contribution in [0.4, 0.5) is 8.78 Å². The minimum Gasteiger partial charge on any atom is -0.467 e. The Balaban J connectivity index is 2.56. The molecular weight excluding hydrogens is 316 g/mol. The van der Waals surface area contributed by atoms with Gasteiger partial charge in [0.05, 0.1) is 7.11 Å². The highest BCUT2D eigenvalue weighted by Gasteiger charge is 2.22. The number of amides is 1. The van der Waals surface area contributed by atoms with Crippen LogP contribution in [0.5, 0.6) is 0 Å². The Bertz CT molecular complexity index is 549. The molecule has 0 bridgehead atoms. The lowest BCUT2D eigenvalue weighted by molar-refractivity contribution is -0.143. The zero-order valence-corrected chi connectivity index (χ0v) is 14.2. The number of carbonyl (C=O) groups is 2. The topological polar surface area (TPSA) is 55.4 Å². The monoisotopic (exact) mass is 341 g/mol. The quantitative estimate of drug-likeness (QED) is 0.517. The second-order valence-corrected chi connectivity index (χ2v) is 5.73. The predicted octanol–water partition coefficient (Wildman–Crippen LogP) is 3.99. The Kier molecular flexibility index (Phi) is 8.97. The molecule has 0 saturated carbocycles. The summed E-state index contributed by atoms with van der Waals surface area (Å²) in [6.45, 7) is 2.14. The fraction of sp³-hybridized carbons (Fsp3) is 0.556. The number of hydrogen-bond donors (Lipinski definition) is 1. The molecule has 0 spiro atoms. The van der Waals surface area contributed by atoms with Gasteiger partial charge in [-0.05, 0) is 24.6 Å². The van der Waals surface area contributed by atoms with Crippen LogP contribution < -0.4 is 5.32 Å². The van der Waals surface area contributed by atoms with Crippen molar-refractivity contribution in [1.29, 1.82) is 0 Å².